The first kappa shape index (κ1) is 28.0. The van der Waals surface area contributed by atoms with Gasteiger partial charge in [-0.15, -0.1) is 12.4 Å². The Kier molecular flexibility index (Phi) is 10.3. The molecule has 4 N–H and O–H groups in total. The minimum atomic E-state index is -3.62. The molecule has 10 heteroatoms. The molecule has 8 nitrogen and oxygen atoms in total. The minimum absolute atomic E-state index is 0. The number of carbonyl (C=O) groups is 1. The zero-order valence-corrected chi connectivity index (χ0v) is 21.5. The van der Waals surface area contributed by atoms with E-state index in [0.29, 0.717) is 12.2 Å². The first-order valence-corrected chi connectivity index (χ1v) is 13.3. The van der Waals surface area contributed by atoms with E-state index >= 15 is 0 Å². The number of benzene rings is 1. The second kappa shape index (κ2) is 12.5. The van der Waals surface area contributed by atoms with Gasteiger partial charge < -0.3 is 21.1 Å². The van der Waals surface area contributed by atoms with Gasteiger partial charge in [-0.25, -0.2) is 13.4 Å². The summed E-state index contributed by atoms with van der Waals surface area (Å²) in [5.74, 6) is -0.123. The van der Waals surface area contributed by atoms with Crippen LogP contribution in [0.2, 0.25) is 0 Å². The van der Waals surface area contributed by atoms with E-state index in [4.69, 9.17) is 0 Å². The van der Waals surface area contributed by atoms with Gasteiger partial charge in [0.05, 0.1) is 12.1 Å². The molecule has 0 unspecified atom stereocenters. The lowest BCUT2D eigenvalue weighted by atomic mass is 9.95. The molecule has 1 aliphatic heterocycles. The van der Waals surface area contributed by atoms with Crippen LogP contribution < -0.4 is 16.0 Å². The molecule has 1 aromatic heterocycles. The highest BCUT2D eigenvalue weighted by Crippen LogP contribution is 2.19. The maximum absolute atomic E-state index is 13.3. The predicted octanol–water partition coefficient (Wildman–Crippen LogP) is 2.57. The van der Waals surface area contributed by atoms with E-state index in [2.05, 4.69) is 20.9 Å². The number of hydrogen-bond acceptors (Lipinski definition) is 7. The third-order valence-corrected chi connectivity index (χ3v) is 6.96. The molecule has 0 radical (unpaired) electrons. The van der Waals surface area contributed by atoms with Gasteiger partial charge in [-0.05, 0) is 56.8 Å². The highest BCUT2D eigenvalue weighted by molar-refractivity contribution is 7.90. The van der Waals surface area contributed by atoms with Crippen LogP contribution >= 0.6 is 12.4 Å². The van der Waals surface area contributed by atoms with Crippen molar-refractivity contribution >= 4 is 34.0 Å². The molecule has 1 amide bonds. The fourth-order valence-electron chi connectivity index (χ4n) is 3.92. The van der Waals surface area contributed by atoms with Crippen molar-refractivity contribution in [3.8, 4) is 0 Å². The monoisotopic (exact) mass is 510 g/mol. The highest BCUT2D eigenvalue weighted by Gasteiger charge is 2.31. The Hall–Kier alpha value is -2.20. The van der Waals surface area contributed by atoms with Crippen LogP contribution in [0.4, 0.5) is 5.82 Å². The quantitative estimate of drug-likeness (QED) is 0.387. The van der Waals surface area contributed by atoms with E-state index in [-0.39, 0.29) is 35.1 Å². The van der Waals surface area contributed by atoms with Crippen molar-refractivity contribution in [2.24, 2.45) is 0 Å². The lowest BCUT2D eigenvalue weighted by Crippen LogP contribution is -2.52. The molecule has 2 heterocycles. The fourth-order valence-corrected chi connectivity index (χ4v) is 4.52. The van der Waals surface area contributed by atoms with Gasteiger partial charge in [0.15, 0.2) is 14.9 Å². The molecule has 0 aliphatic carbocycles. The molecule has 188 valence electrons. The zero-order chi connectivity index (χ0) is 24.0. The molecule has 0 saturated carbocycles. The number of pyridine rings is 1. The number of sulfone groups is 1. The number of nitrogens with one attached hydrogen (secondary N) is 3. The lowest BCUT2D eigenvalue weighted by molar-refractivity contribution is 0.0737. The van der Waals surface area contributed by atoms with Crippen LogP contribution in [0.3, 0.4) is 0 Å². The third-order valence-electron chi connectivity index (χ3n) is 5.99. The van der Waals surface area contributed by atoms with Crippen LogP contribution in [0.1, 0.15) is 49.0 Å². The smallest absolute Gasteiger partial charge is 0.251 e. The van der Waals surface area contributed by atoms with Crippen molar-refractivity contribution in [3.05, 3.63) is 53.6 Å². The fraction of sp³-hybridized carbons (Fsp3) is 0.500. The van der Waals surface area contributed by atoms with E-state index in [1.165, 1.54) is 6.07 Å². The van der Waals surface area contributed by atoms with E-state index < -0.39 is 27.9 Å². The van der Waals surface area contributed by atoms with Crippen LogP contribution in [0, 0.1) is 0 Å². The summed E-state index contributed by atoms with van der Waals surface area (Å²) in [7, 11) is -3.62. The summed E-state index contributed by atoms with van der Waals surface area (Å²) in [5, 5.41) is 20.3. The number of rotatable bonds is 10. The normalized spacial score (nSPS) is 18.4. The van der Waals surface area contributed by atoms with Crippen LogP contribution in [0.5, 0.6) is 0 Å². The summed E-state index contributed by atoms with van der Waals surface area (Å²) >= 11 is 0. The second-order valence-electron chi connectivity index (χ2n) is 8.77. The van der Waals surface area contributed by atoms with Crippen molar-refractivity contribution in [2.45, 2.75) is 68.8 Å². The van der Waals surface area contributed by atoms with Crippen LogP contribution in [0.15, 0.2) is 47.5 Å². The highest BCUT2D eigenvalue weighted by atomic mass is 35.5. The Morgan fingerprint density at radius 1 is 1.26 bits per heavy atom. The molecule has 1 fully saturated rings. The van der Waals surface area contributed by atoms with E-state index in [1.54, 1.807) is 6.07 Å². The number of hydrogen-bond donors (Lipinski definition) is 4. The molecule has 1 aliphatic rings. The summed E-state index contributed by atoms with van der Waals surface area (Å²) < 4.78 is 24.4. The molecule has 4 atom stereocenters. The topological polar surface area (TPSA) is 120 Å². The maximum atomic E-state index is 13.3. The largest absolute Gasteiger partial charge is 0.389 e. The van der Waals surface area contributed by atoms with Crippen LogP contribution in [-0.2, 0) is 16.3 Å². The first-order chi connectivity index (χ1) is 15.7. The average molecular weight is 511 g/mol. The van der Waals surface area contributed by atoms with Gasteiger partial charge in [0.1, 0.15) is 5.82 Å². The Labute approximate surface area is 208 Å². The Morgan fingerprint density at radius 2 is 1.97 bits per heavy atom. The predicted molar refractivity (Wildman–Crippen MR) is 136 cm³/mol. The van der Waals surface area contributed by atoms with Gasteiger partial charge in [0.2, 0.25) is 0 Å². The van der Waals surface area contributed by atoms with Crippen molar-refractivity contribution in [3.63, 3.8) is 0 Å². The molecule has 34 heavy (non-hydrogen) atoms. The molecule has 0 spiro atoms. The summed E-state index contributed by atoms with van der Waals surface area (Å²) in [6.07, 6.45) is 3.35. The number of aliphatic hydroxyl groups excluding tert-OH is 1. The minimum Gasteiger partial charge on any atom is -0.389 e. The molecule has 3 rings (SSSR count). The SMILES string of the molecule is CC[C@H](C)Nc1cc(C(=O)N[C@@H](Cc2ccccc2)[C@H](O)[C@@H]2CCCN2)cc(S(C)(=O)=O)n1.Cl. The first-order valence-electron chi connectivity index (χ1n) is 11.4. The summed E-state index contributed by atoms with van der Waals surface area (Å²) in [5.41, 5.74) is 1.17. The van der Waals surface area contributed by atoms with Gasteiger partial charge in [-0.2, -0.15) is 0 Å². The number of aromatic nitrogens is 1. The van der Waals surface area contributed by atoms with Crippen LogP contribution in [-0.4, -0.2) is 61.4 Å². The van der Waals surface area contributed by atoms with Crippen molar-refractivity contribution in [1.82, 2.24) is 15.6 Å². The van der Waals surface area contributed by atoms with Crippen molar-refractivity contribution in [1.29, 1.82) is 0 Å². The van der Waals surface area contributed by atoms with E-state index in [9.17, 15) is 18.3 Å². The Morgan fingerprint density at radius 3 is 2.56 bits per heavy atom. The summed E-state index contributed by atoms with van der Waals surface area (Å²) in [6.45, 7) is 4.79. The van der Waals surface area contributed by atoms with Gasteiger partial charge in [-0.3, -0.25) is 4.79 Å². The maximum Gasteiger partial charge on any atom is 0.251 e. The van der Waals surface area contributed by atoms with Crippen molar-refractivity contribution in [2.75, 3.05) is 18.1 Å². The molecule has 0 bridgehead atoms. The molecule has 1 saturated heterocycles. The Bertz CT molecular complexity index is 1050. The summed E-state index contributed by atoms with van der Waals surface area (Å²) in [4.78, 5) is 17.4. The van der Waals surface area contributed by atoms with Gasteiger partial charge in [-0.1, -0.05) is 37.3 Å². The number of aliphatic hydroxyl groups is 1. The number of halogens is 1. The molecular weight excluding hydrogens is 476 g/mol. The average Bonchev–Trinajstić information content (AvgIpc) is 3.33. The number of carbonyl (C=O) groups excluding carboxylic acids is 1. The second-order valence-corrected chi connectivity index (χ2v) is 10.7. The number of nitrogens with zero attached hydrogens (tertiary/aromatic N) is 1. The molecular formula is C24H35ClN4O4S. The zero-order valence-electron chi connectivity index (χ0n) is 19.8. The Balaban J connectivity index is 0.00000408. The van der Waals surface area contributed by atoms with Gasteiger partial charge in [0.25, 0.3) is 5.91 Å². The summed E-state index contributed by atoms with van der Waals surface area (Å²) in [6, 6.07) is 11.9. The lowest BCUT2D eigenvalue weighted by Gasteiger charge is -2.29. The molecule has 2 aromatic rings. The standard InChI is InChI=1S/C24H34N4O4S.ClH/c1-4-16(2)26-21-14-18(15-22(28-21)33(3,31)32)24(30)27-20(13-17-9-6-5-7-10-17)23(29)19-11-8-12-25-19;/h5-7,9-10,14-16,19-20,23,25,29H,4,8,11-13H2,1-3H3,(H,26,28)(H,27,30);1H/t16-,19-,20-,23+;/m0./s1. The van der Waals surface area contributed by atoms with Gasteiger partial charge >= 0.3 is 0 Å². The van der Waals surface area contributed by atoms with Gasteiger partial charge in [0, 0.05) is 23.9 Å². The third kappa shape index (κ3) is 7.66. The number of amides is 1. The van der Waals surface area contributed by atoms with E-state index in [1.807, 2.05) is 44.2 Å². The van der Waals surface area contributed by atoms with E-state index in [0.717, 1.165) is 37.6 Å². The number of anilines is 1. The van der Waals surface area contributed by atoms with Crippen LogP contribution in [0.25, 0.3) is 0 Å². The molecule has 1 aromatic carbocycles. The van der Waals surface area contributed by atoms with Crippen molar-refractivity contribution < 1.29 is 18.3 Å².